The molecule has 0 bridgehead atoms. The summed E-state index contributed by atoms with van der Waals surface area (Å²) in [4.78, 5) is 30.6. The van der Waals surface area contributed by atoms with Crippen molar-refractivity contribution in [2.75, 3.05) is 11.5 Å². The zero-order valence-electron chi connectivity index (χ0n) is 11.7. The van der Waals surface area contributed by atoms with Crippen LogP contribution >= 0.6 is 0 Å². The third-order valence-corrected chi connectivity index (χ3v) is 3.12. The van der Waals surface area contributed by atoms with E-state index >= 15 is 0 Å². The lowest BCUT2D eigenvalue weighted by atomic mass is 10.5. The number of nitrogens with two attached hydrogens (primary N) is 2. The molecule has 3 rings (SSSR count). The molecule has 0 saturated heterocycles. The fourth-order valence-electron chi connectivity index (χ4n) is 1.93. The minimum Gasteiger partial charge on any atom is -0.382 e. The monoisotopic (exact) mass is 304 g/mol. The second-order valence-electron chi connectivity index (χ2n) is 4.54. The van der Waals surface area contributed by atoms with Crippen LogP contribution in [0.3, 0.4) is 0 Å². The molecule has 0 unspecified atom stereocenters. The largest absolute Gasteiger partial charge is 0.382 e. The molecule has 0 aliphatic rings. The molecule has 0 saturated carbocycles. The summed E-state index contributed by atoms with van der Waals surface area (Å²) in [5, 5.41) is 13.8. The normalized spacial score (nSPS) is 11.7. The number of nitrogens with one attached hydrogen (secondary N) is 2. The molecule has 0 atom stereocenters. The van der Waals surface area contributed by atoms with Gasteiger partial charge < -0.3 is 16.5 Å². The Balaban J connectivity index is 2.15. The molecule has 0 fully saturated rings. The number of anilines is 2. The quantitative estimate of drug-likeness (QED) is 0.453. The number of aromatic nitrogens is 6. The van der Waals surface area contributed by atoms with Crippen molar-refractivity contribution in [1.29, 1.82) is 0 Å². The van der Waals surface area contributed by atoms with E-state index in [1.165, 1.54) is 18.7 Å². The minimum atomic E-state index is -0.505. The van der Waals surface area contributed by atoms with Crippen LogP contribution in [0.1, 0.15) is 0 Å². The number of azo groups is 1. The summed E-state index contributed by atoms with van der Waals surface area (Å²) in [6.45, 7) is 0. The first kappa shape index (κ1) is 13.5. The lowest BCUT2D eigenvalue weighted by Crippen LogP contribution is -2.36. The Kier molecular flexibility index (Phi) is 2.80. The van der Waals surface area contributed by atoms with E-state index in [-0.39, 0.29) is 34.4 Å². The summed E-state index contributed by atoms with van der Waals surface area (Å²) >= 11 is 0. The van der Waals surface area contributed by atoms with Gasteiger partial charge in [0.25, 0.3) is 5.56 Å². The minimum absolute atomic E-state index is 0.0355. The fourth-order valence-corrected chi connectivity index (χ4v) is 1.93. The number of hydrogen-bond donors (Lipinski definition) is 4. The maximum atomic E-state index is 12.0. The van der Waals surface area contributed by atoms with Gasteiger partial charge in [0.05, 0.1) is 0 Å². The summed E-state index contributed by atoms with van der Waals surface area (Å²) in [7, 11) is 2.87. The Bertz CT molecular complexity index is 997. The summed E-state index contributed by atoms with van der Waals surface area (Å²) in [5.74, 6) is 0.273. The molecule has 0 aliphatic carbocycles. The number of hydrogen-bond acceptors (Lipinski definition) is 8. The molecule has 3 aromatic rings. The topological polar surface area (TPSA) is 178 Å². The predicted molar refractivity (Wildman–Crippen MR) is 78.2 cm³/mol. The van der Waals surface area contributed by atoms with Gasteiger partial charge in [-0.25, -0.2) is 4.79 Å². The van der Waals surface area contributed by atoms with Crippen LogP contribution < -0.4 is 22.7 Å². The zero-order valence-corrected chi connectivity index (χ0v) is 11.7. The van der Waals surface area contributed by atoms with Gasteiger partial charge in [0, 0.05) is 14.1 Å². The van der Waals surface area contributed by atoms with Crippen LogP contribution in [-0.2, 0) is 14.1 Å². The zero-order chi connectivity index (χ0) is 16.0. The number of H-pyrrole nitrogens is 2. The Hall–Kier alpha value is -3.44. The van der Waals surface area contributed by atoms with E-state index in [0.29, 0.717) is 0 Å². The molecule has 3 aromatic heterocycles. The molecule has 0 radical (unpaired) electrons. The molecule has 12 nitrogen and oxygen atoms in total. The van der Waals surface area contributed by atoms with Crippen molar-refractivity contribution >= 4 is 34.4 Å². The third kappa shape index (κ3) is 1.85. The molecule has 0 aliphatic heterocycles. The second-order valence-corrected chi connectivity index (χ2v) is 4.54. The molecular weight excluding hydrogens is 292 g/mol. The van der Waals surface area contributed by atoms with Gasteiger partial charge >= 0.3 is 5.69 Å². The Morgan fingerprint density at radius 1 is 1.14 bits per heavy atom. The van der Waals surface area contributed by atoms with E-state index in [1.54, 1.807) is 0 Å². The number of nitrogen functional groups attached to an aromatic ring is 2. The van der Waals surface area contributed by atoms with Crippen LogP contribution in [0.4, 0.5) is 23.3 Å². The SMILES string of the molecule is Cn1c(=O)c2[nH]c(N=Nc3c(N)n[nH]c3N)nc2n(C)c1=O. The van der Waals surface area contributed by atoms with Crippen LogP contribution in [0.15, 0.2) is 19.8 Å². The molecule has 12 heteroatoms. The van der Waals surface area contributed by atoms with E-state index < -0.39 is 11.2 Å². The van der Waals surface area contributed by atoms with Crippen LogP contribution in [0, 0.1) is 0 Å². The highest BCUT2D eigenvalue weighted by Crippen LogP contribution is 2.27. The number of aromatic amines is 2. The van der Waals surface area contributed by atoms with Crippen molar-refractivity contribution in [1.82, 2.24) is 29.3 Å². The first-order valence-corrected chi connectivity index (χ1v) is 6.07. The van der Waals surface area contributed by atoms with Gasteiger partial charge in [-0.3, -0.25) is 19.0 Å². The van der Waals surface area contributed by atoms with Crippen molar-refractivity contribution in [3.8, 4) is 0 Å². The number of fused-ring (bicyclic) bond motifs is 1. The van der Waals surface area contributed by atoms with Gasteiger partial charge in [-0.15, -0.1) is 10.2 Å². The molecule has 114 valence electrons. The fraction of sp³-hybridized carbons (Fsp3) is 0.200. The van der Waals surface area contributed by atoms with Gasteiger partial charge in [0.2, 0.25) is 5.95 Å². The highest BCUT2D eigenvalue weighted by atomic mass is 16.2. The molecule has 3 heterocycles. The number of rotatable bonds is 2. The lowest BCUT2D eigenvalue weighted by Gasteiger charge is -2.00. The van der Waals surface area contributed by atoms with Crippen molar-refractivity contribution < 1.29 is 0 Å². The second kappa shape index (κ2) is 4.54. The third-order valence-electron chi connectivity index (χ3n) is 3.12. The molecule has 0 spiro atoms. The van der Waals surface area contributed by atoms with Crippen molar-refractivity contribution in [2.45, 2.75) is 0 Å². The van der Waals surface area contributed by atoms with Gasteiger partial charge in [-0.2, -0.15) is 10.1 Å². The van der Waals surface area contributed by atoms with Crippen LogP contribution in [0.25, 0.3) is 11.2 Å². The summed E-state index contributed by atoms with van der Waals surface area (Å²) in [6.07, 6.45) is 0. The summed E-state index contributed by atoms with van der Waals surface area (Å²) < 4.78 is 2.19. The van der Waals surface area contributed by atoms with E-state index in [2.05, 4.69) is 30.4 Å². The van der Waals surface area contributed by atoms with E-state index in [0.717, 1.165) is 4.57 Å². The van der Waals surface area contributed by atoms with Gasteiger partial charge in [0.15, 0.2) is 22.7 Å². The smallest absolute Gasteiger partial charge is 0.332 e. The maximum absolute atomic E-state index is 12.0. The molecular formula is C10H12N10O2. The first-order chi connectivity index (χ1) is 10.4. The maximum Gasteiger partial charge on any atom is 0.332 e. The number of imidazole rings is 1. The number of nitrogens with zero attached hydrogens (tertiary/aromatic N) is 6. The highest BCUT2D eigenvalue weighted by Gasteiger charge is 2.13. The van der Waals surface area contributed by atoms with Crippen LogP contribution in [0.5, 0.6) is 0 Å². The van der Waals surface area contributed by atoms with Crippen LogP contribution in [-0.4, -0.2) is 29.3 Å². The van der Waals surface area contributed by atoms with Crippen molar-refractivity contribution in [3.05, 3.63) is 20.8 Å². The molecule has 0 aromatic carbocycles. The first-order valence-electron chi connectivity index (χ1n) is 6.07. The lowest BCUT2D eigenvalue weighted by molar-refractivity contribution is 0.709. The Labute approximate surface area is 121 Å². The van der Waals surface area contributed by atoms with E-state index in [9.17, 15) is 9.59 Å². The summed E-state index contributed by atoms with van der Waals surface area (Å²) in [6, 6.07) is 0. The van der Waals surface area contributed by atoms with Gasteiger partial charge in [0.1, 0.15) is 5.82 Å². The van der Waals surface area contributed by atoms with E-state index in [4.69, 9.17) is 11.5 Å². The van der Waals surface area contributed by atoms with Crippen LogP contribution in [0.2, 0.25) is 0 Å². The standard InChI is InChI=1S/C10H12N10O2/c1-19-7-4(8(21)20(2)10(19)22)13-9(14-7)18-15-3-5(11)16-17-6(3)12/h1-2H3,(H,13,14)(H5,11,12,16,17). The Morgan fingerprint density at radius 2 is 1.86 bits per heavy atom. The van der Waals surface area contributed by atoms with Crippen molar-refractivity contribution in [2.24, 2.45) is 24.3 Å². The van der Waals surface area contributed by atoms with Crippen molar-refractivity contribution in [3.63, 3.8) is 0 Å². The average Bonchev–Trinajstić information content (AvgIpc) is 3.05. The number of aryl methyl sites for hydroxylation is 1. The predicted octanol–water partition coefficient (Wildman–Crippen LogP) is -0.737. The van der Waals surface area contributed by atoms with Gasteiger partial charge in [-0.1, -0.05) is 0 Å². The summed E-state index contributed by atoms with van der Waals surface area (Å²) in [5.41, 5.74) is 10.6. The Morgan fingerprint density at radius 3 is 2.50 bits per heavy atom. The molecule has 22 heavy (non-hydrogen) atoms. The van der Waals surface area contributed by atoms with E-state index in [1.807, 2.05) is 0 Å². The average molecular weight is 304 g/mol. The molecule has 0 amide bonds. The highest BCUT2D eigenvalue weighted by molar-refractivity contribution is 5.72. The van der Waals surface area contributed by atoms with Gasteiger partial charge in [-0.05, 0) is 0 Å². The molecule has 6 N–H and O–H groups in total.